The van der Waals surface area contributed by atoms with E-state index in [1.165, 1.54) is 5.56 Å². The molecule has 0 spiro atoms. The van der Waals surface area contributed by atoms with Crippen LogP contribution < -0.4 is 5.73 Å². The van der Waals surface area contributed by atoms with Crippen LogP contribution in [0.3, 0.4) is 0 Å². The van der Waals surface area contributed by atoms with Crippen molar-refractivity contribution in [3.63, 3.8) is 0 Å². The molecule has 1 saturated heterocycles. The maximum atomic E-state index is 12.0. The second kappa shape index (κ2) is 6.57. The molecule has 4 heteroatoms. The lowest BCUT2D eigenvalue weighted by atomic mass is 9.93. The first kappa shape index (κ1) is 13.9. The van der Waals surface area contributed by atoms with Gasteiger partial charge in [0.05, 0.1) is 6.61 Å². The van der Waals surface area contributed by atoms with Crippen molar-refractivity contribution >= 4 is 6.09 Å². The first-order valence-corrected chi connectivity index (χ1v) is 6.93. The fourth-order valence-corrected chi connectivity index (χ4v) is 2.61. The van der Waals surface area contributed by atoms with E-state index in [1.807, 2.05) is 30.0 Å². The molecule has 1 fully saturated rings. The van der Waals surface area contributed by atoms with Crippen molar-refractivity contribution < 1.29 is 9.53 Å². The number of benzene rings is 1. The molecule has 1 aromatic rings. The Hall–Kier alpha value is -1.55. The first-order chi connectivity index (χ1) is 9.20. The molecular formula is C15H22N2O2. The third kappa shape index (κ3) is 3.70. The van der Waals surface area contributed by atoms with Crippen molar-refractivity contribution in [2.75, 3.05) is 13.2 Å². The van der Waals surface area contributed by atoms with E-state index >= 15 is 0 Å². The molecule has 1 aliphatic rings. The largest absolute Gasteiger partial charge is 0.450 e. The molecular weight excluding hydrogens is 240 g/mol. The van der Waals surface area contributed by atoms with E-state index in [1.54, 1.807) is 0 Å². The zero-order valence-corrected chi connectivity index (χ0v) is 11.4. The zero-order valence-electron chi connectivity index (χ0n) is 11.4. The lowest BCUT2D eigenvalue weighted by molar-refractivity contribution is 0.0732. The Bertz CT molecular complexity index is 408. The number of carbonyl (C=O) groups excluding carboxylic acids is 1. The predicted molar refractivity (Wildman–Crippen MR) is 74.9 cm³/mol. The molecule has 1 aromatic carbocycles. The minimum Gasteiger partial charge on any atom is -0.450 e. The highest BCUT2D eigenvalue weighted by atomic mass is 16.6. The van der Waals surface area contributed by atoms with Gasteiger partial charge in [0, 0.05) is 18.6 Å². The Morgan fingerprint density at radius 1 is 1.42 bits per heavy atom. The number of ether oxygens (including phenoxy) is 1. The van der Waals surface area contributed by atoms with E-state index in [0.717, 1.165) is 19.3 Å². The van der Waals surface area contributed by atoms with Crippen LogP contribution in [-0.4, -0.2) is 36.2 Å². The standard InChI is InChI=1S/C15H22N2O2/c1-2-19-15(18)17-9-8-13(16)11-14(17)10-12-6-4-3-5-7-12/h3-7,13-14H,2,8-11,16H2,1H3/t13-,14-/m0/s1. The highest BCUT2D eigenvalue weighted by Crippen LogP contribution is 2.21. The highest BCUT2D eigenvalue weighted by Gasteiger charge is 2.30. The molecule has 2 N–H and O–H groups in total. The molecule has 0 saturated carbocycles. The van der Waals surface area contributed by atoms with Crippen LogP contribution in [0.2, 0.25) is 0 Å². The number of amides is 1. The van der Waals surface area contributed by atoms with E-state index in [9.17, 15) is 4.79 Å². The summed E-state index contributed by atoms with van der Waals surface area (Å²) >= 11 is 0. The van der Waals surface area contributed by atoms with Gasteiger partial charge in [-0.15, -0.1) is 0 Å². The summed E-state index contributed by atoms with van der Waals surface area (Å²) in [6.07, 6.45) is 2.32. The molecule has 4 nitrogen and oxygen atoms in total. The third-order valence-electron chi connectivity index (χ3n) is 3.57. The lowest BCUT2D eigenvalue weighted by Gasteiger charge is -2.37. The van der Waals surface area contributed by atoms with Gasteiger partial charge in [-0.1, -0.05) is 30.3 Å². The zero-order chi connectivity index (χ0) is 13.7. The third-order valence-corrected chi connectivity index (χ3v) is 3.57. The van der Waals surface area contributed by atoms with Gasteiger partial charge in [-0.25, -0.2) is 4.79 Å². The van der Waals surface area contributed by atoms with Crippen LogP contribution in [0.4, 0.5) is 4.79 Å². The van der Waals surface area contributed by atoms with E-state index in [0.29, 0.717) is 13.2 Å². The van der Waals surface area contributed by atoms with E-state index in [2.05, 4.69) is 12.1 Å². The van der Waals surface area contributed by atoms with Crippen LogP contribution in [0.25, 0.3) is 0 Å². The van der Waals surface area contributed by atoms with Crippen LogP contribution in [0.1, 0.15) is 25.3 Å². The molecule has 0 radical (unpaired) electrons. The molecule has 0 aliphatic carbocycles. The maximum Gasteiger partial charge on any atom is 0.410 e. The van der Waals surface area contributed by atoms with Gasteiger partial charge >= 0.3 is 6.09 Å². The summed E-state index contributed by atoms with van der Waals surface area (Å²) in [5.74, 6) is 0. The Labute approximate surface area is 114 Å². The summed E-state index contributed by atoms with van der Waals surface area (Å²) in [6, 6.07) is 10.5. The number of nitrogens with two attached hydrogens (primary N) is 1. The van der Waals surface area contributed by atoms with Crippen molar-refractivity contribution in [1.82, 2.24) is 4.90 Å². The van der Waals surface area contributed by atoms with Crippen molar-refractivity contribution in [3.8, 4) is 0 Å². The number of hydrogen-bond donors (Lipinski definition) is 1. The van der Waals surface area contributed by atoms with Crippen LogP contribution in [-0.2, 0) is 11.2 Å². The summed E-state index contributed by atoms with van der Waals surface area (Å²) in [4.78, 5) is 13.8. The summed E-state index contributed by atoms with van der Waals surface area (Å²) in [5, 5.41) is 0. The van der Waals surface area contributed by atoms with Gasteiger partial charge in [-0.3, -0.25) is 0 Å². The van der Waals surface area contributed by atoms with Crippen LogP contribution in [0, 0.1) is 0 Å². The Kier molecular flexibility index (Phi) is 4.80. The SMILES string of the molecule is CCOC(=O)N1CC[C@H](N)C[C@@H]1Cc1ccccc1. The van der Waals surface area contributed by atoms with Gasteiger partial charge < -0.3 is 15.4 Å². The molecule has 2 atom stereocenters. The number of hydrogen-bond acceptors (Lipinski definition) is 3. The van der Waals surface area contributed by atoms with Gasteiger partial charge in [-0.2, -0.15) is 0 Å². The number of likely N-dealkylation sites (tertiary alicyclic amines) is 1. The van der Waals surface area contributed by atoms with Gasteiger partial charge in [-0.05, 0) is 31.7 Å². The Balaban J connectivity index is 2.06. The predicted octanol–water partition coefficient (Wildman–Crippen LogP) is 2.18. The van der Waals surface area contributed by atoms with Crippen molar-refractivity contribution in [3.05, 3.63) is 35.9 Å². The number of piperidine rings is 1. The second-order valence-corrected chi connectivity index (χ2v) is 5.02. The van der Waals surface area contributed by atoms with E-state index in [4.69, 9.17) is 10.5 Å². The average molecular weight is 262 g/mol. The molecule has 104 valence electrons. The smallest absolute Gasteiger partial charge is 0.410 e. The van der Waals surface area contributed by atoms with E-state index < -0.39 is 0 Å². The lowest BCUT2D eigenvalue weighted by Crippen LogP contribution is -2.50. The Morgan fingerprint density at radius 3 is 2.84 bits per heavy atom. The molecule has 0 unspecified atom stereocenters. The van der Waals surface area contributed by atoms with Crippen LogP contribution >= 0.6 is 0 Å². The van der Waals surface area contributed by atoms with Gasteiger partial charge in [0.1, 0.15) is 0 Å². The fraction of sp³-hybridized carbons (Fsp3) is 0.533. The summed E-state index contributed by atoms with van der Waals surface area (Å²) in [6.45, 7) is 2.94. The monoisotopic (exact) mass is 262 g/mol. The number of carbonyl (C=O) groups is 1. The summed E-state index contributed by atoms with van der Waals surface area (Å²) < 4.78 is 5.13. The van der Waals surface area contributed by atoms with Gasteiger partial charge in [0.2, 0.25) is 0 Å². The molecule has 1 amide bonds. The molecule has 1 aliphatic heterocycles. The number of rotatable bonds is 3. The summed E-state index contributed by atoms with van der Waals surface area (Å²) in [7, 11) is 0. The normalized spacial score (nSPS) is 23.2. The second-order valence-electron chi connectivity index (χ2n) is 5.02. The molecule has 0 aromatic heterocycles. The van der Waals surface area contributed by atoms with Crippen molar-refractivity contribution in [2.45, 2.75) is 38.3 Å². The quantitative estimate of drug-likeness (QED) is 0.908. The van der Waals surface area contributed by atoms with Crippen molar-refractivity contribution in [1.29, 1.82) is 0 Å². The maximum absolute atomic E-state index is 12.0. The molecule has 0 bridgehead atoms. The average Bonchev–Trinajstić information content (AvgIpc) is 2.40. The number of nitrogens with zero attached hydrogens (tertiary/aromatic N) is 1. The fourth-order valence-electron chi connectivity index (χ4n) is 2.61. The van der Waals surface area contributed by atoms with E-state index in [-0.39, 0.29) is 18.2 Å². The van der Waals surface area contributed by atoms with Gasteiger partial charge in [0.25, 0.3) is 0 Å². The molecule has 2 rings (SSSR count). The molecule has 1 heterocycles. The topological polar surface area (TPSA) is 55.6 Å². The minimum absolute atomic E-state index is 0.144. The van der Waals surface area contributed by atoms with Crippen LogP contribution in [0.5, 0.6) is 0 Å². The Morgan fingerprint density at radius 2 is 2.16 bits per heavy atom. The summed E-state index contributed by atoms with van der Waals surface area (Å²) in [5.41, 5.74) is 7.27. The van der Waals surface area contributed by atoms with Crippen LogP contribution in [0.15, 0.2) is 30.3 Å². The van der Waals surface area contributed by atoms with Gasteiger partial charge in [0.15, 0.2) is 0 Å². The van der Waals surface area contributed by atoms with Crippen molar-refractivity contribution in [2.24, 2.45) is 5.73 Å². The molecule has 19 heavy (non-hydrogen) atoms. The minimum atomic E-state index is -0.213. The highest BCUT2D eigenvalue weighted by molar-refractivity contribution is 5.68. The first-order valence-electron chi connectivity index (χ1n) is 6.93.